The smallest absolute Gasteiger partial charge is 0.480 e. The molecule has 4 nitrogen and oxygen atoms in total. The molecule has 0 amide bonds. The standard InChI is InChI=1S/C13H20O4Si/c1-11(2)13(12-9-7-6-8-10-12)17-18(14-3,15-4)16-5/h6-10H,1-5H3. The van der Waals surface area contributed by atoms with Crippen molar-refractivity contribution in [3.63, 3.8) is 0 Å². The van der Waals surface area contributed by atoms with Gasteiger partial charge in [-0.25, -0.2) is 0 Å². The van der Waals surface area contributed by atoms with E-state index in [0.29, 0.717) is 0 Å². The van der Waals surface area contributed by atoms with E-state index in [0.717, 1.165) is 16.9 Å². The van der Waals surface area contributed by atoms with Gasteiger partial charge in [0.05, 0.1) is 0 Å². The minimum atomic E-state index is -3.08. The van der Waals surface area contributed by atoms with Gasteiger partial charge in [0.1, 0.15) is 5.76 Å². The molecule has 0 radical (unpaired) electrons. The molecule has 18 heavy (non-hydrogen) atoms. The Hall–Kier alpha value is -1.14. The number of allylic oxidation sites excluding steroid dienone is 1. The Bertz CT molecular complexity index is 386. The van der Waals surface area contributed by atoms with Crippen molar-refractivity contribution < 1.29 is 17.7 Å². The predicted molar refractivity (Wildman–Crippen MR) is 72.6 cm³/mol. The van der Waals surface area contributed by atoms with Crippen molar-refractivity contribution in [2.24, 2.45) is 0 Å². The zero-order valence-electron chi connectivity index (χ0n) is 11.5. The minimum Gasteiger partial charge on any atom is -0.480 e. The molecule has 0 spiro atoms. The largest absolute Gasteiger partial charge is 0.748 e. The van der Waals surface area contributed by atoms with Gasteiger partial charge in [0, 0.05) is 26.9 Å². The van der Waals surface area contributed by atoms with Gasteiger partial charge in [0.25, 0.3) is 0 Å². The lowest BCUT2D eigenvalue weighted by atomic mass is 10.1. The SMILES string of the molecule is CO[Si](OC)(OC)OC(=C(C)C)c1ccccc1. The van der Waals surface area contributed by atoms with E-state index in [-0.39, 0.29) is 0 Å². The highest BCUT2D eigenvalue weighted by Gasteiger charge is 2.46. The van der Waals surface area contributed by atoms with E-state index < -0.39 is 9.05 Å². The first-order chi connectivity index (χ1) is 8.58. The van der Waals surface area contributed by atoms with Crippen LogP contribution in [0.1, 0.15) is 19.4 Å². The average Bonchev–Trinajstić information content (AvgIpc) is 2.42. The molecule has 1 aromatic rings. The van der Waals surface area contributed by atoms with Crippen molar-refractivity contribution >= 4 is 14.8 Å². The lowest BCUT2D eigenvalue weighted by Crippen LogP contribution is -2.46. The first kappa shape index (κ1) is 14.9. The number of hydrogen-bond acceptors (Lipinski definition) is 4. The Morgan fingerprint density at radius 3 is 1.78 bits per heavy atom. The van der Waals surface area contributed by atoms with Crippen LogP contribution >= 0.6 is 0 Å². The van der Waals surface area contributed by atoms with Crippen molar-refractivity contribution in [3.8, 4) is 0 Å². The molecule has 0 atom stereocenters. The lowest BCUT2D eigenvalue weighted by Gasteiger charge is -2.26. The summed E-state index contributed by atoms with van der Waals surface area (Å²) in [6.45, 7) is 3.95. The fourth-order valence-electron chi connectivity index (χ4n) is 1.54. The Kier molecular flexibility index (Phi) is 5.55. The van der Waals surface area contributed by atoms with Gasteiger partial charge in [-0.05, 0) is 19.4 Å². The van der Waals surface area contributed by atoms with E-state index in [1.54, 1.807) is 0 Å². The van der Waals surface area contributed by atoms with E-state index >= 15 is 0 Å². The fraction of sp³-hybridized carbons (Fsp3) is 0.385. The summed E-state index contributed by atoms with van der Waals surface area (Å²) in [5, 5.41) is 0. The average molecular weight is 268 g/mol. The molecule has 1 aromatic carbocycles. The highest BCUT2D eigenvalue weighted by Crippen LogP contribution is 2.25. The second-order valence-electron chi connectivity index (χ2n) is 3.91. The summed E-state index contributed by atoms with van der Waals surface area (Å²) in [6.07, 6.45) is 0. The van der Waals surface area contributed by atoms with Crippen LogP contribution in [0.2, 0.25) is 0 Å². The molecule has 1 rings (SSSR count). The first-order valence-corrected chi connectivity index (χ1v) is 7.29. The third-order valence-corrected chi connectivity index (χ3v) is 4.42. The summed E-state index contributed by atoms with van der Waals surface area (Å²) in [4.78, 5) is 0. The number of hydrogen-bond donors (Lipinski definition) is 0. The molecular weight excluding hydrogens is 248 g/mol. The summed E-state index contributed by atoms with van der Waals surface area (Å²) in [5.74, 6) is 0.729. The van der Waals surface area contributed by atoms with Gasteiger partial charge in [0.15, 0.2) is 0 Å². The molecule has 0 aromatic heterocycles. The van der Waals surface area contributed by atoms with Crippen LogP contribution in [-0.4, -0.2) is 30.4 Å². The zero-order chi connectivity index (χ0) is 13.6. The predicted octanol–water partition coefficient (Wildman–Crippen LogP) is 2.83. The van der Waals surface area contributed by atoms with Gasteiger partial charge >= 0.3 is 9.05 Å². The summed E-state index contributed by atoms with van der Waals surface area (Å²) in [5.41, 5.74) is 2.00. The van der Waals surface area contributed by atoms with Gasteiger partial charge in [0.2, 0.25) is 0 Å². The van der Waals surface area contributed by atoms with Gasteiger partial charge in [-0.15, -0.1) is 0 Å². The first-order valence-electron chi connectivity index (χ1n) is 5.66. The fourth-order valence-corrected chi connectivity index (χ4v) is 2.86. The third kappa shape index (κ3) is 3.43. The van der Waals surface area contributed by atoms with Crippen LogP contribution in [0.4, 0.5) is 0 Å². The molecule has 0 N–H and O–H groups in total. The monoisotopic (exact) mass is 268 g/mol. The molecule has 0 saturated heterocycles. The molecule has 0 fully saturated rings. The summed E-state index contributed by atoms with van der Waals surface area (Å²) < 4.78 is 21.7. The molecule has 0 aliphatic rings. The van der Waals surface area contributed by atoms with Crippen LogP contribution in [-0.2, 0) is 17.7 Å². The summed E-state index contributed by atoms with van der Waals surface area (Å²) >= 11 is 0. The van der Waals surface area contributed by atoms with Crippen molar-refractivity contribution in [2.45, 2.75) is 13.8 Å². The number of rotatable bonds is 6. The van der Waals surface area contributed by atoms with Crippen LogP contribution in [0.15, 0.2) is 35.9 Å². The summed E-state index contributed by atoms with van der Waals surface area (Å²) in [6, 6.07) is 9.82. The maximum absolute atomic E-state index is 5.89. The van der Waals surface area contributed by atoms with Gasteiger partial charge in [-0.1, -0.05) is 30.3 Å². The van der Waals surface area contributed by atoms with E-state index in [2.05, 4.69) is 0 Å². The Morgan fingerprint density at radius 2 is 1.39 bits per heavy atom. The highest BCUT2D eigenvalue weighted by molar-refractivity contribution is 6.54. The molecule has 0 bridgehead atoms. The topological polar surface area (TPSA) is 36.9 Å². The minimum absolute atomic E-state index is 0.729. The normalized spacial score (nSPS) is 11.2. The van der Waals surface area contributed by atoms with Gasteiger partial charge < -0.3 is 17.7 Å². The molecule has 0 unspecified atom stereocenters. The van der Waals surface area contributed by atoms with Gasteiger partial charge in [-0.2, -0.15) is 0 Å². The van der Waals surface area contributed by atoms with Crippen LogP contribution in [0.5, 0.6) is 0 Å². The second kappa shape index (κ2) is 6.70. The van der Waals surface area contributed by atoms with E-state index in [1.807, 2.05) is 44.2 Å². The molecule has 0 heterocycles. The lowest BCUT2D eigenvalue weighted by molar-refractivity contribution is 0.0409. The van der Waals surface area contributed by atoms with E-state index in [4.69, 9.17) is 17.7 Å². The molecule has 5 heteroatoms. The Morgan fingerprint density at radius 1 is 0.889 bits per heavy atom. The summed E-state index contributed by atoms with van der Waals surface area (Å²) in [7, 11) is 1.48. The van der Waals surface area contributed by atoms with Crippen molar-refractivity contribution in [3.05, 3.63) is 41.5 Å². The highest BCUT2D eigenvalue weighted by atomic mass is 28.4. The second-order valence-corrected chi connectivity index (χ2v) is 6.34. The Labute approximate surface area is 110 Å². The maximum Gasteiger partial charge on any atom is 0.748 e. The molecule has 0 aliphatic heterocycles. The molecule has 0 saturated carbocycles. The third-order valence-electron chi connectivity index (χ3n) is 2.47. The van der Waals surface area contributed by atoms with Crippen molar-refractivity contribution in [2.75, 3.05) is 21.3 Å². The van der Waals surface area contributed by atoms with Crippen LogP contribution in [0, 0.1) is 0 Å². The molecular formula is C13H20O4Si. The number of benzene rings is 1. The van der Waals surface area contributed by atoms with Gasteiger partial charge in [-0.3, -0.25) is 0 Å². The zero-order valence-corrected chi connectivity index (χ0v) is 12.5. The van der Waals surface area contributed by atoms with Crippen molar-refractivity contribution in [1.82, 2.24) is 0 Å². The van der Waals surface area contributed by atoms with Crippen LogP contribution in [0.3, 0.4) is 0 Å². The molecule has 0 aliphatic carbocycles. The quantitative estimate of drug-likeness (QED) is 0.587. The van der Waals surface area contributed by atoms with Crippen LogP contribution < -0.4 is 0 Å². The van der Waals surface area contributed by atoms with E-state index in [9.17, 15) is 0 Å². The Balaban J connectivity index is 3.07. The van der Waals surface area contributed by atoms with E-state index in [1.165, 1.54) is 21.3 Å². The van der Waals surface area contributed by atoms with Crippen molar-refractivity contribution in [1.29, 1.82) is 0 Å². The molecule has 100 valence electrons. The maximum atomic E-state index is 5.89. The van der Waals surface area contributed by atoms with Crippen LogP contribution in [0.25, 0.3) is 5.76 Å².